The monoisotopic (exact) mass is 259 g/mol. The van der Waals surface area contributed by atoms with Crippen LogP contribution in [0.3, 0.4) is 0 Å². The average molecular weight is 259 g/mol. The lowest BCUT2D eigenvalue weighted by Gasteiger charge is -2.15. The maximum Gasteiger partial charge on any atom is 0.326 e. The Hall–Kier alpha value is -0.710. The van der Waals surface area contributed by atoms with Gasteiger partial charge in [0.2, 0.25) is 5.91 Å². The summed E-state index contributed by atoms with van der Waals surface area (Å²) in [6, 6.07) is -0.726. The van der Waals surface area contributed by atoms with Gasteiger partial charge in [0.1, 0.15) is 6.04 Å². The lowest BCUT2D eigenvalue weighted by atomic mass is 10.0. The molecule has 0 aromatic carbocycles. The maximum absolute atomic E-state index is 11.7. The molecule has 1 fully saturated rings. The molecule has 0 heterocycles. The fourth-order valence-corrected chi connectivity index (χ4v) is 2.69. The zero-order valence-electron chi connectivity index (χ0n) is 10.3. The predicted molar refractivity (Wildman–Crippen MR) is 69.1 cm³/mol. The minimum Gasteiger partial charge on any atom is -0.480 e. The first-order valence-corrected chi connectivity index (χ1v) is 7.54. The van der Waals surface area contributed by atoms with Gasteiger partial charge in [-0.3, -0.25) is 4.79 Å². The van der Waals surface area contributed by atoms with Crippen LogP contribution in [0.15, 0.2) is 0 Å². The smallest absolute Gasteiger partial charge is 0.326 e. The molecule has 4 nitrogen and oxygen atoms in total. The van der Waals surface area contributed by atoms with Gasteiger partial charge >= 0.3 is 5.97 Å². The van der Waals surface area contributed by atoms with Crippen molar-refractivity contribution >= 4 is 23.6 Å². The summed E-state index contributed by atoms with van der Waals surface area (Å²) < 4.78 is 0. The molecule has 0 radical (unpaired) electrons. The van der Waals surface area contributed by atoms with E-state index in [0.717, 1.165) is 18.6 Å². The molecule has 1 rings (SSSR count). The number of hydrogen-bond donors (Lipinski definition) is 2. The Balaban J connectivity index is 2.32. The fraction of sp³-hybridized carbons (Fsp3) is 0.833. The van der Waals surface area contributed by atoms with E-state index in [0.29, 0.717) is 18.8 Å². The highest BCUT2D eigenvalue weighted by molar-refractivity contribution is 7.98. The first-order valence-electron chi connectivity index (χ1n) is 6.14. The first-order chi connectivity index (χ1) is 8.13. The van der Waals surface area contributed by atoms with Crippen LogP contribution in [0.1, 0.15) is 38.5 Å². The van der Waals surface area contributed by atoms with Crippen LogP contribution in [0.4, 0.5) is 0 Å². The predicted octanol–water partition coefficient (Wildman–Crippen LogP) is 1.89. The molecule has 1 atom stereocenters. The molecule has 0 aromatic rings. The van der Waals surface area contributed by atoms with E-state index >= 15 is 0 Å². The summed E-state index contributed by atoms with van der Waals surface area (Å²) in [5, 5.41) is 11.6. The number of thioether (sulfide) groups is 1. The highest BCUT2D eigenvalue weighted by atomic mass is 32.2. The first kappa shape index (κ1) is 14.4. The molecule has 0 aliphatic heterocycles. The number of carbonyl (C=O) groups is 2. The van der Waals surface area contributed by atoms with Gasteiger partial charge in [0.15, 0.2) is 0 Å². The molecule has 17 heavy (non-hydrogen) atoms. The molecule has 0 spiro atoms. The van der Waals surface area contributed by atoms with Gasteiger partial charge in [-0.1, -0.05) is 12.8 Å². The van der Waals surface area contributed by atoms with Crippen molar-refractivity contribution in [2.24, 2.45) is 5.92 Å². The van der Waals surface area contributed by atoms with Crippen molar-refractivity contribution in [1.82, 2.24) is 5.32 Å². The lowest BCUT2D eigenvalue weighted by Crippen LogP contribution is -2.41. The number of carboxylic acid groups (broad SMARTS) is 1. The van der Waals surface area contributed by atoms with Crippen LogP contribution in [0.5, 0.6) is 0 Å². The molecular formula is C12H21NO3S. The zero-order chi connectivity index (χ0) is 12.7. The molecule has 1 amide bonds. The number of carbonyl (C=O) groups excluding carboxylic acids is 1. The molecule has 2 N–H and O–H groups in total. The summed E-state index contributed by atoms with van der Waals surface area (Å²) >= 11 is 1.59. The van der Waals surface area contributed by atoms with Crippen molar-refractivity contribution in [3.8, 4) is 0 Å². The fourth-order valence-electron chi connectivity index (χ4n) is 2.22. The highest BCUT2D eigenvalue weighted by Gasteiger charge is 2.23. The second kappa shape index (κ2) is 7.58. The van der Waals surface area contributed by atoms with Crippen LogP contribution in [0.2, 0.25) is 0 Å². The molecule has 1 aliphatic rings. The molecule has 1 saturated carbocycles. The standard InChI is InChI=1S/C12H21NO3S/c1-17-7-6-10(12(15)16)13-11(14)8-9-4-2-3-5-9/h9-10H,2-8H2,1H3,(H,13,14)(H,15,16)/t10-/m1/s1. The number of amides is 1. The van der Waals surface area contributed by atoms with Crippen LogP contribution in [0.25, 0.3) is 0 Å². The largest absolute Gasteiger partial charge is 0.480 e. The van der Waals surface area contributed by atoms with Gasteiger partial charge in [-0.2, -0.15) is 11.8 Å². The van der Waals surface area contributed by atoms with E-state index < -0.39 is 12.0 Å². The Bertz CT molecular complexity index is 264. The molecule has 0 saturated heterocycles. The Labute approximate surface area is 107 Å². The summed E-state index contributed by atoms with van der Waals surface area (Å²) in [5.41, 5.74) is 0. The number of nitrogens with one attached hydrogen (secondary N) is 1. The molecule has 98 valence electrons. The summed E-state index contributed by atoms with van der Waals surface area (Å²) in [5.74, 6) is 0.176. The zero-order valence-corrected chi connectivity index (χ0v) is 11.1. The molecule has 0 aromatic heterocycles. The molecule has 1 aliphatic carbocycles. The van der Waals surface area contributed by atoms with Crippen LogP contribution < -0.4 is 5.32 Å². The normalized spacial score (nSPS) is 17.9. The summed E-state index contributed by atoms with van der Waals surface area (Å²) in [4.78, 5) is 22.6. The van der Waals surface area contributed by atoms with E-state index in [1.807, 2.05) is 6.26 Å². The second-order valence-corrected chi connectivity index (χ2v) is 5.58. The van der Waals surface area contributed by atoms with Gasteiger partial charge in [0, 0.05) is 6.42 Å². The quantitative estimate of drug-likeness (QED) is 0.732. The molecule has 0 bridgehead atoms. The van der Waals surface area contributed by atoms with Gasteiger partial charge in [0.25, 0.3) is 0 Å². The van der Waals surface area contributed by atoms with Crippen LogP contribution in [0, 0.1) is 5.92 Å². The Morgan fingerprint density at radius 1 is 1.41 bits per heavy atom. The van der Waals surface area contributed by atoms with Crippen LogP contribution in [-0.4, -0.2) is 35.0 Å². The third kappa shape index (κ3) is 5.44. The van der Waals surface area contributed by atoms with Crippen molar-refractivity contribution < 1.29 is 14.7 Å². The topological polar surface area (TPSA) is 66.4 Å². The van der Waals surface area contributed by atoms with Gasteiger partial charge < -0.3 is 10.4 Å². The number of aliphatic carboxylic acids is 1. The van der Waals surface area contributed by atoms with E-state index in [-0.39, 0.29) is 5.91 Å². The second-order valence-electron chi connectivity index (χ2n) is 4.59. The minimum absolute atomic E-state index is 0.106. The number of hydrogen-bond acceptors (Lipinski definition) is 3. The van der Waals surface area contributed by atoms with Gasteiger partial charge in [-0.05, 0) is 37.2 Å². The third-order valence-electron chi connectivity index (χ3n) is 3.19. The minimum atomic E-state index is -0.932. The van der Waals surface area contributed by atoms with E-state index in [9.17, 15) is 9.59 Å². The Morgan fingerprint density at radius 3 is 2.59 bits per heavy atom. The molecule has 5 heteroatoms. The highest BCUT2D eigenvalue weighted by Crippen LogP contribution is 2.27. The van der Waals surface area contributed by atoms with E-state index in [4.69, 9.17) is 5.11 Å². The number of rotatable bonds is 7. The van der Waals surface area contributed by atoms with Crippen molar-refractivity contribution in [2.75, 3.05) is 12.0 Å². The van der Waals surface area contributed by atoms with Crippen molar-refractivity contribution in [3.05, 3.63) is 0 Å². The summed E-state index contributed by atoms with van der Waals surface area (Å²) in [6.45, 7) is 0. The lowest BCUT2D eigenvalue weighted by molar-refractivity contribution is -0.142. The van der Waals surface area contributed by atoms with E-state index in [1.54, 1.807) is 11.8 Å². The van der Waals surface area contributed by atoms with Gasteiger partial charge in [-0.25, -0.2) is 4.79 Å². The maximum atomic E-state index is 11.7. The van der Waals surface area contributed by atoms with Gasteiger partial charge in [-0.15, -0.1) is 0 Å². The Morgan fingerprint density at radius 2 is 2.06 bits per heavy atom. The van der Waals surface area contributed by atoms with Gasteiger partial charge in [0.05, 0.1) is 0 Å². The third-order valence-corrected chi connectivity index (χ3v) is 3.84. The van der Waals surface area contributed by atoms with E-state index in [2.05, 4.69) is 5.32 Å². The summed E-state index contributed by atoms with van der Waals surface area (Å²) in [6.07, 6.45) is 7.53. The van der Waals surface area contributed by atoms with Crippen LogP contribution in [-0.2, 0) is 9.59 Å². The van der Waals surface area contributed by atoms with Crippen LogP contribution >= 0.6 is 11.8 Å². The molecule has 0 unspecified atom stereocenters. The SMILES string of the molecule is CSCC[C@@H](NC(=O)CC1CCCC1)C(=O)O. The van der Waals surface area contributed by atoms with Crippen molar-refractivity contribution in [2.45, 2.75) is 44.6 Å². The van der Waals surface area contributed by atoms with E-state index in [1.165, 1.54) is 12.8 Å². The molecular weight excluding hydrogens is 238 g/mol. The van der Waals surface area contributed by atoms with Crippen molar-refractivity contribution in [1.29, 1.82) is 0 Å². The summed E-state index contributed by atoms with van der Waals surface area (Å²) in [7, 11) is 0. The Kier molecular flexibility index (Phi) is 6.40. The van der Waals surface area contributed by atoms with Crippen molar-refractivity contribution in [3.63, 3.8) is 0 Å². The average Bonchev–Trinajstić information content (AvgIpc) is 2.76. The number of carboxylic acids is 1.